The molecule has 6 nitrogen and oxygen atoms in total. The summed E-state index contributed by atoms with van der Waals surface area (Å²) in [6, 6.07) is 20.9. The van der Waals surface area contributed by atoms with Crippen molar-refractivity contribution < 1.29 is 18.5 Å². The molecule has 3 rings (SSSR count). The zero-order valence-electron chi connectivity index (χ0n) is 16.4. The molecule has 0 saturated carbocycles. The standard InChI is InChI=1S/C22H22N2O4S/c1-22(2,3)28-21(26)24-29(27,19-11-5-4-6-12-19)23-20(25)18-14-13-16-9-7-8-10-17(16)15-18/h4-15H,1-3H3,(H,23,24,25,26,27). The normalized spacial score (nSPS) is 13.3. The van der Waals surface area contributed by atoms with Crippen molar-refractivity contribution in [3.63, 3.8) is 0 Å². The Morgan fingerprint density at radius 1 is 0.897 bits per heavy atom. The van der Waals surface area contributed by atoms with Crippen molar-refractivity contribution in [3.05, 3.63) is 78.4 Å². The molecule has 0 radical (unpaired) electrons. The van der Waals surface area contributed by atoms with Crippen LogP contribution in [-0.4, -0.2) is 21.8 Å². The summed E-state index contributed by atoms with van der Waals surface area (Å²) in [7, 11) is -3.59. The molecule has 0 aliphatic carbocycles. The molecule has 0 aliphatic heterocycles. The van der Waals surface area contributed by atoms with Crippen molar-refractivity contribution in [2.24, 2.45) is 4.36 Å². The minimum absolute atomic E-state index is 0.208. The van der Waals surface area contributed by atoms with Gasteiger partial charge in [0.2, 0.25) is 0 Å². The van der Waals surface area contributed by atoms with Crippen LogP contribution in [0, 0.1) is 0 Å². The molecule has 29 heavy (non-hydrogen) atoms. The van der Waals surface area contributed by atoms with Gasteiger partial charge in [-0.05, 0) is 55.8 Å². The zero-order valence-corrected chi connectivity index (χ0v) is 17.2. The maximum absolute atomic E-state index is 13.5. The molecule has 0 bridgehead atoms. The fraction of sp³-hybridized carbons (Fsp3) is 0.182. The second kappa shape index (κ2) is 8.05. The van der Waals surface area contributed by atoms with E-state index in [-0.39, 0.29) is 4.90 Å². The summed E-state index contributed by atoms with van der Waals surface area (Å²) in [5.74, 6) is -0.600. The first-order chi connectivity index (χ1) is 13.7. The lowest BCUT2D eigenvalue weighted by molar-refractivity contribution is 0.0607. The molecule has 0 spiro atoms. The third kappa shape index (κ3) is 5.20. The molecule has 3 aromatic carbocycles. The van der Waals surface area contributed by atoms with Gasteiger partial charge in [0.25, 0.3) is 5.91 Å². The minimum Gasteiger partial charge on any atom is -0.442 e. The largest absolute Gasteiger partial charge is 0.444 e. The Hall–Kier alpha value is -3.19. The van der Waals surface area contributed by atoms with Crippen LogP contribution in [0.4, 0.5) is 4.79 Å². The number of carbonyl (C=O) groups is 2. The van der Waals surface area contributed by atoms with E-state index in [2.05, 4.69) is 9.08 Å². The topological polar surface area (TPSA) is 84.8 Å². The van der Waals surface area contributed by atoms with Gasteiger partial charge in [-0.25, -0.2) is 9.00 Å². The highest BCUT2D eigenvalue weighted by molar-refractivity contribution is 7.92. The van der Waals surface area contributed by atoms with Crippen molar-refractivity contribution in [2.75, 3.05) is 0 Å². The SMILES string of the molecule is CC(C)(C)OC(=O)N=S(=O)(NC(=O)c1ccc2ccccc2c1)c1ccccc1. The quantitative estimate of drug-likeness (QED) is 0.662. The Morgan fingerprint density at radius 2 is 1.52 bits per heavy atom. The van der Waals surface area contributed by atoms with Crippen LogP contribution >= 0.6 is 0 Å². The zero-order chi connectivity index (χ0) is 21.1. The maximum atomic E-state index is 13.5. The first kappa shape index (κ1) is 20.5. The lowest BCUT2D eigenvalue weighted by Gasteiger charge is -2.18. The summed E-state index contributed by atoms with van der Waals surface area (Å²) in [6.45, 7) is 5.04. The van der Waals surface area contributed by atoms with Crippen LogP contribution in [0.5, 0.6) is 0 Å². The Morgan fingerprint density at radius 3 is 2.17 bits per heavy atom. The fourth-order valence-corrected chi connectivity index (χ4v) is 4.05. The van der Waals surface area contributed by atoms with E-state index in [4.69, 9.17) is 4.74 Å². The summed E-state index contributed by atoms with van der Waals surface area (Å²) in [5, 5.41) is 1.85. The number of fused-ring (bicyclic) bond motifs is 1. The van der Waals surface area contributed by atoms with Gasteiger partial charge in [0, 0.05) is 5.56 Å². The monoisotopic (exact) mass is 410 g/mol. The molecule has 3 aromatic rings. The molecule has 7 heteroatoms. The van der Waals surface area contributed by atoms with Crippen LogP contribution in [0.2, 0.25) is 0 Å². The maximum Gasteiger partial charge on any atom is 0.444 e. The molecule has 0 aliphatic rings. The van der Waals surface area contributed by atoms with Crippen molar-refractivity contribution in [1.82, 2.24) is 4.72 Å². The first-order valence-corrected chi connectivity index (χ1v) is 10.5. The Labute approximate surface area is 170 Å². The number of nitrogens with one attached hydrogen (secondary N) is 1. The Kier molecular flexibility index (Phi) is 5.70. The molecule has 150 valence electrons. The number of rotatable bonds is 3. The average Bonchev–Trinajstić information content (AvgIpc) is 2.66. The number of carbonyl (C=O) groups excluding carboxylic acids is 2. The number of amides is 2. The predicted octanol–water partition coefficient (Wildman–Crippen LogP) is 4.95. The molecule has 1 unspecified atom stereocenters. The van der Waals surface area contributed by atoms with E-state index in [1.807, 2.05) is 24.3 Å². The molecule has 0 heterocycles. The average molecular weight is 410 g/mol. The van der Waals surface area contributed by atoms with Gasteiger partial charge in [-0.2, -0.15) is 0 Å². The van der Waals surface area contributed by atoms with Gasteiger partial charge in [0.15, 0.2) is 9.92 Å². The van der Waals surface area contributed by atoms with E-state index in [1.54, 1.807) is 57.2 Å². The number of hydrogen-bond donors (Lipinski definition) is 1. The second-order valence-corrected chi connectivity index (χ2v) is 9.31. The Balaban J connectivity index is 1.99. The van der Waals surface area contributed by atoms with E-state index < -0.39 is 27.5 Å². The molecule has 2 amide bonds. The summed E-state index contributed by atoms with van der Waals surface area (Å²) < 4.78 is 24.9. The van der Waals surface area contributed by atoms with E-state index >= 15 is 0 Å². The van der Waals surface area contributed by atoms with Gasteiger partial charge in [-0.1, -0.05) is 48.5 Å². The van der Waals surface area contributed by atoms with Crippen LogP contribution < -0.4 is 4.72 Å². The highest BCUT2D eigenvalue weighted by Gasteiger charge is 2.22. The lowest BCUT2D eigenvalue weighted by Crippen LogP contribution is -2.32. The molecule has 0 aromatic heterocycles. The van der Waals surface area contributed by atoms with Crippen LogP contribution in [-0.2, 0) is 14.7 Å². The minimum atomic E-state index is -3.59. The predicted molar refractivity (Wildman–Crippen MR) is 113 cm³/mol. The van der Waals surface area contributed by atoms with E-state index in [9.17, 15) is 13.8 Å². The van der Waals surface area contributed by atoms with Crippen LogP contribution in [0.15, 0.2) is 82.1 Å². The fourth-order valence-electron chi connectivity index (χ4n) is 2.64. The highest BCUT2D eigenvalue weighted by atomic mass is 32.2. The van der Waals surface area contributed by atoms with Gasteiger partial charge in [-0.3, -0.25) is 9.52 Å². The van der Waals surface area contributed by atoms with Gasteiger partial charge >= 0.3 is 6.09 Å². The molecular weight excluding hydrogens is 388 g/mol. The smallest absolute Gasteiger partial charge is 0.442 e. The summed E-state index contributed by atoms with van der Waals surface area (Å²) in [6.07, 6.45) is -1.01. The molecule has 1 N–H and O–H groups in total. The number of hydrogen-bond acceptors (Lipinski definition) is 4. The van der Waals surface area contributed by atoms with Crippen LogP contribution in [0.3, 0.4) is 0 Å². The lowest BCUT2D eigenvalue weighted by atomic mass is 10.1. The van der Waals surface area contributed by atoms with Gasteiger partial charge in [0.05, 0.1) is 4.90 Å². The number of ether oxygens (including phenoxy) is 1. The van der Waals surface area contributed by atoms with Gasteiger partial charge in [0.1, 0.15) is 5.60 Å². The third-order valence-electron chi connectivity index (χ3n) is 3.90. The van der Waals surface area contributed by atoms with Crippen molar-refractivity contribution in [1.29, 1.82) is 0 Å². The molecular formula is C22H22N2O4S. The summed E-state index contributed by atoms with van der Waals surface area (Å²) in [4.78, 5) is 25.3. The first-order valence-electron chi connectivity index (χ1n) is 9.02. The highest BCUT2D eigenvalue weighted by Crippen LogP contribution is 2.18. The van der Waals surface area contributed by atoms with Crippen molar-refractivity contribution in [2.45, 2.75) is 31.3 Å². The summed E-state index contributed by atoms with van der Waals surface area (Å²) in [5.41, 5.74) is -0.494. The van der Waals surface area contributed by atoms with E-state index in [0.29, 0.717) is 5.56 Å². The van der Waals surface area contributed by atoms with Crippen molar-refractivity contribution >= 4 is 32.7 Å². The van der Waals surface area contributed by atoms with E-state index in [1.165, 1.54) is 12.1 Å². The van der Waals surface area contributed by atoms with Gasteiger partial charge in [-0.15, -0.1) is 4.36 Å². The number of nitrogens with zero attached hydrogens (tertiary/aromatic N) is 1. The van der Waals surface area contributed by atoms with Crippen molar-refractivity contribution in [3.8, 4) is 0 Å². The van der Waals surface area contributed by atoms with Crippen LogP contribution in [0.1, 0.15) is 31.1 Å². The summed E-state index contributed by atoms with van der Waals surface area (Å²) >= 11 is 0. The third-order valence-corrected chi connectivity index (χ3v) is 5.68. The number of benzene rings is 3. The molecule has 1 atom stereocenters. The van der Waals surface area contributed by atoms with E-state index in [0.717, 1.165) is 10.8 Å². The van der Waals surface area contributed by atoms with Crippen LogP contribution in [0.25, 0.3) is 10.8 Å². The molecule has 0 fully saturated rings. The molecule has 0 saturated heterocycles. The van der Waals surface area contributed by atoms with Gasteiger partial charge < -0.3 is 4.74 Å². The second-order valence-electron chi connectivity index (χ2n) is 7.40. The Bertz CT molecular complexity index is 1170.